The number of morpholine rings is 1. The SMILES string of the molecule is C[C@@H](Sc1nc2ccccc2c(=O)n1CCC[NH+]1CCOCC1)C(=O)NC(N)=O. The normalized spacial score (nSPS) is 15.9. The minimum absolute atomic E-state index is 0.127. The summed E-state index contributed by atoms with van der Waals surface area (Å²) >= 11 is 1.14. The molecule has 1 aliphatic heterocycles. The summed E-state index contributed by atoms with van der Waals surface area (Å²) < 4.78 is 7.01. The molecule has 0 aliphatic carbocycles. The number of nitrogens with zero attached hydrogens (tertiary/aromatic N) is 2. The molecule has 3 rings (SSSR count). The summed E-state index contributed by atoms with van der Waals surface area (Å²) in [5.41, 5.74) is 5.48. The van der Waals surface area contributed by atoms with Crippen LogP contribution < -0.4 is 21.5 Å². The summed E-state index contributed by atoms with van der Waals surface area (Å²) in [6.45, 7) is 6.55. The lowest BCUT2D eigenvalue weighted by Crippen LogP contribution is -3.14. The molecule has 1 aliphatic rings. The second-order valence-corrected chi connectivity index (χ2v) is 8.26. The highest BCUT2D eigenvalue weighted by atomic mass is 32.2. The molecule has 4 N–H and O–H groups in total. The first-order valence-corrected chi connectivity index (χ1v) is 10.5. The van der Waals surface area contributed by atoms with E-state index in [4.69, 9.17) is 10.5 Å². The van der Waals surface area contributed by atoms with Crippen LogP contribution in [0.1, 0.15) is 13.3 Å². The molecule has 9 nitrogen and oxygen atoms in total. The van der Waals surface area contributed by atoms with Crippen molar-refractivity contribution < 1.29 is 19.2 Å². The Kier molecular flexibility index (Phi) is 7.24. The quantitative estimate of drug-likeness (QED) is 0.405. The largest absolute Gasteiger partial charge is 0.370 e. The number of quaternary nitrogens is 1. The van der Waals surface area contributed by atoms with Gasteiger partial charge in [0, 0.05) is 13.0 Å². The minimum Gasteiger partial charge on any atom is -0.370 e. The predicted molar refractivity (Wildman–Crippen MR) is 110 cm³/mol. The third-order valence-corrected chi connectivity index (χ3v) is 5.93. The molecule has 1 fully saturated rings. The van der Waals surface area contributed by atoms with Gasteiger partial charge >= 0.3 is 6.03 Å². The lowest BCUT2D eigenvalue weighted by molar-refractivity contribution is -0.908. The van der Waals surface area contributed by atoms with Crippen LogP contribution in [0.25, 0.3) is 10.9 Å². The number of benzene rings is 1. The zero-order valence-electron chi connectivity index (χ0n) is 16.3. The van der Waals surface area contributed by atoms with Gasteiger partial charge in [0.1, 0.15) is 13.1 Å². The van der Waals surface area contributed by atoms with Gasteiger partial charge in [0.25, 0.3) is 5.56 Å². The zero-order chi connectivity index (χ0) is 20.8. The van der Waals surface area contributed by atoms with Crippen LogP contribution in [0.3, 0.4) is 0 Å². The van der Waals surface area contributed by atoms with Crippen molar-refractivity contribution in [1.82, 2.24) is 14.9 Å². The van der Waals surface area contributed by atoms with E-state index in [9.17, 15) is 14.4 Å². The van der Waals surface area contributed by atoms with E-state index in [-0.39, 0.29) is 5.56 Å². The Balaban J connectivity index is 1.81. The summed E-state index contributed by atoms with van der Waals surface area (Å²) in [6, 6.07) is 6.25. The average molecular weight is 421 g/mol. The summed E-state index contributed by atoms with van der Waals surface area (Å²) in [4.78, 5) is 42.2. The van der Waals surface area contributed by atoms with Crippen molar-refractivity contribution >= 4 is 34.6 Å². The predicted octanol–water partition coefficient (Wildman–Crippen LogP) is -0.623. The molecule has 2 aromatic rings. The smallest absolute Gasteiger partial charge is 0.318 e. The van der Waals surface area contributed by atoms with E-state index in [2.05, 4.69) is 10.3 Å². The number of urea groups is 1. The third kappa shape index (κ3) is 5.55. The molecule has 1 aromatic heterocycles. The van der Waals surface area contributed by atoms with Gasteiger partial charge in [-0.2, -0.15) is 0 Å². The number of para-hydroxylation sites is 1. The lowest BCUT2D eigenvalue weighted by Gasteiger charge is -2.24. The fraction of sp³-hybridized carbons (Fsp3) is 0.474. The van der Waals surface area contributed by atoms with Gasteiger partial charge in [-0.15, -0.1) is 0 Å². The highest BCUT2D eigenvalue weighted by molar-refractivity contribution is 8.00. The molecule has 3 amide bonds. The van der Waals surface area contributed by atoms with Crippen molar-refractivity contribution in [3.8, 4) is 0 Å². The topological polar surface area (TPSA) is 121 Å². The Morgan fingerprint density at radius 3 is 2.79 bits per heavy atom. The second-order valence-electron chi connectivity index (χ2n) is 6.95. The van der Waals surface area contributed by atoms with Crippen molar-refractivity contribution in [2.75, 3.05) is 32.8 Å². The van der Waals surface area contributed by atoms with Gasteiger partial charge in [-0.25, -0.2) is 9.78 Å². The van der Waals surface area contributed by atoms with E-state index in [1.165, 1.54) is 4.90 Å². The van der Waals surface area contributed by atoms with Crippen molar-refractivity contribution in [2.45, 2.75) is 30.3 Å². The number of primary amides is 1. The van der Waals surface area contributed by atoms with Crippen LogP contribution in [-0.2, 0) is 16.1 Å². The van der Waals surface area contributed by atoms with E-state index in [0.29, 0.717) is 22.6 Å². The number of aromatic nitrogens is 2. The van der Waals surface area contributed by atoms with Gasteiger partial charge in [-0.1, -0.05) is 23.9 Å². The van der Waals surface area contributed by atoms with Gasteiger partial charge in [-0.3, -0.25) is 19.5 Å². The fourth-order valence-electron chi connectivity index (χ4n) is 3.27. The molecule has 1 saturated heterocycles. The Labute approximate surface area is 172 Å². The first kappa shape index (κ1) is 21.3. The molecule has 1 aromatic carbocycles. The number of nitrogens with two attached hydrogens (primary N) is 1. The monoisotopic (exact) mass is 420 g/mol. The summed E-state index contributed by atoms with van der Waals surface area (Å²) in [7, 11) is 0. The maximum Gasteiger partial charge on any atom is 0.318 e. The number of thioether (sulfide) groups is 1. The maximum absolute atomic E-state index is 13.1. The van der Waals surface area contributed by atoms with E-state index < -0.39 is 17.2 Å². The first-order chi connectivity index (χ1) is 14.0. The van der Waals surface area contributed by atoms with Crippen molar-refractivity contribution in [1.29, 1.82) is 0 Å². The van der Waals surface area contributed by atoms with Gasteiger partial charge in [0.15, 0.2) is 5.16 Å². The second kappa shape index (κ2) is 9.86. The number of imide groups is 1. The van der Waals surface area contributed by atoms with E-state index >= 15 is 0 Å². The van der Waals surface area contributed by atoms with Crippen LogP contribution in [-0.4, -0.2) is 59.6 Å². The fourth-order valence-corrected chi connectivity index (χ4v) is 4.20. The van der Waals surface area contributed by atoms with Crippen molar-refractivity contribution in [3.63, 3.8) is 0 Å². The Hall–Kier alpha value is -2.43. The molecule has 2 heterocycles. The number of fused-ring (bicyclic) bond motifs is 1. The third-order valence-electron chi connectivity index (χ3n) is 4.84. The molecule has 0 spiro atoms. The molecule has 0 saturated carbocycles. The standard InChI is InChI=1S/C19H25N5O4S/c1-13(16(25)22-18(20)27)29-19-21-15-6-3-2-5-14(15)17(26)24(19)8-4-7-23-9-11-28-12-10-23/h2-3,5-6,13H,4,7-12H2,1H3,(H3,20,22,25,27)/p+1/t13-/m1/s1. The number of nitrogens with one attached hydrogen (secondary N) is 2. The molecular formula is C19H26N5O4S+. The first-order valence-electron chi connectivity index (χ1n) is 9.63. The van der Waals surface area contributed by atoms with E-state index in [0.717, 1.165) is 51.0 Å². The number of carbonyl (C=O) groups excluding carboxylic acids is 2. The lowest BCUT2D eigenvalue weighted by atomic mass is 10.2. The summed E-state index contributed by atoms with van der Waals surface area (Å²) in [5, 5.41) is 2.44. The molecule has 29 heavy (non-hydrogen) atoms. The van der Waals surface area contributed by atoms with Crippen LogP contribution >= 0.6 is 11.8 Å². The Morgan fingerprint density at radius 2 is 2.07 bits per heavy atom. The molecule has 0 bridgehead atoms. The molecule has 0 unspecified atom stereocenters. The van der Waals surface area contributed by atoms with Crippen LogP contribution in [0.4, 0.5) is 4.79 Å². The number of ether oxygens (including phenoxy) is 1. The highest BCUT2D eigenvalue weighted by Gasteiger charge is 2.21. The van der Waals surface area contributed by atoms with Gasteiger partial charge in [-0.05, 0) is 19.1 Å². The van der Waals surface area contributed by atoms with E-state index in [1.807, 2.05) is 12.1 Å². The van der Waals surface area contributed by atoms with Crippen LogP contribution in [0, 0.1) is 0 Å². The Bertz CT molecular complexity index is 942. The highest BCUT2D eigenvalue weighted by Crippen LogP contribution is 2.22. The number of rotatable bonds is 7. The molecule has 156 valence electrons. The molecular weight excluding hydrogens is 394 g/mol. The number of hydrogen-bond acceptors (Lipinski definition) is 6. The maximum atomic E-state index is 13.1. The molecule has 0 radical (unpaired) electrons. The molecule has 1 atom stereocenters. The molecule has 10 heteroatoms. The minimum atomic E-state index is -0.903. The number of hydrogen-bond donors (Lipinski definition) is 3. The van der Waals surface area contributed by atoms with Crippen LogP contribution in [0.5, 0.6) is 0 Å². The van der Waals surface area contributed by atoms with Gasteiger partial charge in [0.05, 0.1) is 35.9 Å². The number of amides is 3. The van der Waals surface area contributed by atoms with E-state index in [1.54, 1.807) is 23.6 Å². The summed E-state index contributed by atoms with van der Waals surface area (Å²) in [6.07, 6.45) is 0.810. The van der Waals surface area contributed by atoms with Crippen molar-refractivity contribution in [2.24, 2.45) is 5.73 Å². The van der Waals surface area contributed by atoms with Gasteiger partial charge in [0.2, 0.25) is 5.91 Å². The number of carbonyl (C=O) groups is 2. The zero-order valence-corrected chi connectivity index (χ0v) is 17.2. The van der Waals surface area contributed by atoms with Crippen LogP contribution in [0.15, 0.2) is 34.2 Å². The van der Waals surface area contributed by atoms with Crippen LogP contribution in [0.2, 0.25) is 0 Å². The Morgan fingerprint density at radius 1 is 1.34 bits per heavy atom. The summed E-state index contributed by atoms with van der Waals surface area (Å²) in [5.74, 6) is -0.519. The van der Waals surface area contributed by atoms with Crippen molar-refractivity contribution in [3.05, 3.63) is 34.6 Å². The van der Waals surface area contributed by atoms with Gasteiger partial charge < -0.3 is 15.4 Å². The average Bonchev–Trinajstić information content (AvgIpc) is 2.70.